The maximum Gasteiger partial charge on any atom is 0.351 e. The van der Waals surface area contributed by atoms with Crippen LogP contribution in [0.2, 0.25) is 0 Å². The van der Waals surface area contributed by atoms with Crippen LogP contribution < -0.4 is 15.7 Å². The van der Waals surface area contributed by atoms with Crippen molar-refractivity contribution in [1.82, 2.24) is 9.55 Å². The second-order valence-electron chi connectivity index (χ2n) is 5.48. The van der Waals surface area contributed by atoms with Crippen LogP contribution in [0, 0.1) is 0 Å². The number of ether oxygens (including phenoxy) is 2. The van der Waals surface area contributed by atoms with Gasteiger partial charge >= 0.3 is 5.69 Å². The van der Waals surface area contributed by atoms with Gasteiger partial charge in [-0.05, 0) is 12.1 Å². The highest BCUT2D eigenvalue weighted by atomic mass is 16.5. The average molecular weight is 377 g/mol. The predicted molar refractivity (Wildman–Crippen MR) is 103 cm³/mol. The summed E-state index contributed by atoms with van der Waals surface area (Å²) in [5, 5.41) is 22.0. The summed E-state index contributed by atoms with van der Waals surface area (Å²) in [6.07, 6.45) is -0.510. The fraction of sp³-hybridized carbons (Fsp3) is 0.474. The smallest absolute Gasteiger partial charge is 0.351 e. The van der Waals surface area contributed by atoms with Crippen LogP contribution in [0.25, 0.3) is 0 Å². The lowest BCUT2D eigenvalue weighted by Crippen LogP contribution is -2.28. The summed E-state index contributed by atoms with van der Waals surface area (Å²) in [5.74, 6) is 1.36. The monoisotopic (exact) mass is 377 g/mol. The summed E-state index contributed by atoms with van der Waals surface area (Å²) >= 11 is 0. The minimum Gasteiger partial charge on any atom is -0.450 e. The Bertz CT molecular complexity index is 808. The first kappa shape index (κ1) is 20.9. The molecule has 148 valence electrons. The lowest BCUT2D eigenvalue weighted by atomic mass is 10.2. The van der Waals surface area contributed by atoms with Gasteiger partial charge in [-0.25, -0.2) is 4.79 Å². The second-order valence-corrected chi connectivity index (χ2v) is 5.48. The van der Waals surface area contributed by atoms with Crippen molar-refractivity contribution < 1.29 is 19.7 Å². The number of hydrogen-bond acceptors (Lipinski definition) is 7. The number of benzene rings is 1. The van der Waals surface area contributed by atoms with Gasteiger partial charge in [0, 0.05) is 6.42 Å². The molecular formula is C19H27N3O5. The SMILES string of the molecule is CC.CC.O=c1nc2c(cn1C1CC(O)C(CO)O1)Oc1ccccc1N2. The number of fused-ring (bicyclic) bond motifs is 2. The molecule has 2 aliphatic rings. The zero-order valence-electron chi connectivity index (χ0n) is 16.0. The van der Waals surface area contributed by atoms with Crippen molar-refractivity contribution in [3.63, 3.8) is 0 Å². The zero-order chi connectivity index (χ0) is 20.0. The van der Waals surface area contributed by atoms with E-state index in [0.29, 0.717) is 17.3 Å². The van der Waals surface area contributed by atoms with Crippen LogP contribution >= 0.6 is 0 Å². The van der Waals surface area contributed by atoms with Crippen LogP contribution in [0.15, 0.2) is 35.3 Å². The highest BCUT2D eigenvalue weighted by Crippen LogP contribution is 2.40. The Morgan fingerprint density at radius 2 is 1.93 bits per heavy atom. The summed E-state index contributed by atoms with van der Waals surface area (Å²) in [7, 11) is 0. The third-order valence-corrected chi connectivity index (χ3v) is 3.97. The summed E-state index contributed by atoms with van der Waals surface area (Å²) in [6, 6.07) is 7.33. The van der Waals surface area contributed by atoms with E-state index in [2.05, 4.69) is 10.3 Å². The lowest BCUT2D eigenvalue weighted by Gasteiger charge is -2.22. The molecule has 0 amide bonds. The van der Waals surface area contributed by atoms with Crippen LogP contribution in [0.1, 0.15) is 40.3 Å². The topological polar surface area (TPSA) is 106 Å². The van der Waals surface area contributed by atoms with Crippen LogP contribution in [0.4, 0.5) is 11.5 Å². The Balaban J connectivity index is 0.000000614. The maximum atomic E-state index is 12.2. The van der Waals surface area contributed by atoms with Gasteiger partial charge in [0.1, 0.15) is 12.3 Å². The minimum atomic E-state index is -0.826. The molecule has 8 heteroatoms. The van der Waals surface area contributed by atoms with Crippen LogP contribution in [-0.2, 0) is 4.74 Å². The lowest BCUT2D eigenvalue weighted by molar-refractivity contribution is -0.0459. The maximum absolute atomic E-state index is 12.2. The molecule has 1 aromatic heterocycles. The molecule has 3 atom stereocenters. The number of aliphatic hydroxyl groups is 2. The van der Waals surface area contributed by atoms with Gasteiger partial charge in [0.05, 0.1) is 24.6 Å². The number of nitrogens with one attached hydrogen (secondary N) is 1. The van der Waals surface area contributed by atoms with Gasteiger partial charge in [0.15, 0.2) is 17.3 Å². The summed E-state index contributed by atoms with van der Waals surface area (Å²) in [6.45, 7) is 7.69. The van der Waals surface area contributed by atoms with E-state index < -0.39 is 24.1 Å². The number of para-hydroxylation sites is 2. The van der Waals surface area contributed by atoms with Gasteiger partial charge in [0.25, 0.3) is 0 Å². The van der Waals surface area contributed by atoms with E-state index in [4.69, 9.17) is 14.6 Å². The number of hydrogen-bond donors (Lipinski definition) is 3. The fourth-order valence-electron chi connectivity index (χ4n) is 2.78. The molecule has 1 saturated heterocycles. The van der Waals surface area contributed by atoms with Gasteiger partial charge < -0.3 is 25.0 Å². The molecule has 0 spiro atoms. The van der Waals surface area contributed by atoms with Gasteiger partial charge in [0.2, 0.25) is 0 Å². The van der Waals surface area contributed by atoms with Gasteiger partial charge in [-0.2, -0.15) is 4.98 Å². The largest absolute Gasteiger partial charge is 0.450 e. The number of anilines is 2. The Morgan fingerprint density at radius 1 is 1.22 bits per heavy atom. The second kappa shape index (κ2) is 9.50. The van der Waals surface area contributed by atoms with Gasteiger partial charge in [-0.15, -0.1) is 0 Å². The quantitative estimate of drug-likeness (QED) is 0.630. The van der Waals surface area contributed by atoms with Gasteiger partial charge in [-0.1, -0.05) is 39.8 Å². The molecule has 1 fully saturated rings. The third-order valence-electron chi connectivity index (χ3n) is 3.97. The molecule has 0 bridgehead atoms. The molecular weight excluding hydrogens is 350 g/mol. The number of nitrogens with zero attached hydrogens (tertiary/aromatic N) is 2. The van der Waals surface area contributed by atoms with E-state index in [9.17, 15) is 9.90 Å². The van der Waals surface area contributed by atoms with E-state index in [-0.39, 0.29) is 13.0 Å². The molecule has 1 aromatic carbocycles. The Morgan fingerprint density at radius 3 is 2.59 bits per heavy atom. The van der Waals surface area contributed by atoms with Crippen molar-refractivity contribution in [3.8, 4) is 11.5 Å². The standard InChI is InChI=1S/C15H15N3O5.2C2H6/c19-7-12-9(20)5-13(23-12)18-6-11-14(17-15(18)21)16-8-3-1-2-4-10(8)22-11;2*1-2/h1-4,6,9,12-13,19-20H,5,7H2,(H,16,17,21);2*1-2H3. The number of rotatable bonds is 2. The van der Waals surface area contributed by atoms with E-state index in [1.807, 2.05) is 45.9 Å². The molecule has 0 saturated carbocycles. The van der Waals surface area contributed by atoms with Crippen molar-refractivity contribution >= 4 is 11.5 Å². The first-order valence-corrected chi connectivity index (χ1v) is 9.27. The van der Waals surface area contributed by atoms with Gasteiger partial charge in [-0.3, -0.25) is 4.57 Å². The van der Waals surface area contributed by atoms with E-state index in [0.717, 1.165) is 5.69 Å². The van der Waals surface area contributed by atoms with E-state index in [1.54, 1.807) is 6.07 Å². The molecule has 2 aromatic rings. The molecule has 3 unspecified atom stereocenters. The van der Waals surface area contributed by atoms with Crippen molar-refractivity contribution in [2.24, 2.45) is 0 Å². The molecule has 27 heavy (non-hydrogen) atoms. The van der Waals surface area contributed by atoms with Crippen molar-refractivity contribution in [2.45, 2.75) is 52.6 Å². The zero-order valence-corrected chi connectivity index (χ0v) is 16.0. The average Bonchev–Trinajstić information content (AvgIpc) is 3.09. The summed E-state index contributed by atoms with van der Waals surface area (Å²) in [5.41, 5.74) is 0.215. The molecule has 2 aliphatic heterocycles. The highest BCUT2D eigenvalue weighted by Gasteiger charge is 2.35. The number of aliphatic hydroxyl groups excluding tert-OH is 2. The first-order chi connectivity index (χ1) is 13.2. The Labute approximate surface area is 158 Å². The van der Waals surface area contributed by atoms with E-state index >= 15 is 0 Å². The Kier molecular flexibility index (Phi) is 7.35. The van der Waals surface area contributed by atoms with Crippen LogP contribution in [0.5, 0.6) is 11.5 Å². The van der Waals surface area contributed by atoms with Crippen molar-refractivity contribution in [1.29, 1.82) is 0 Å². The molecule has 8 nitrogen and oxygen atoms in total. The molecule has 0 aliphatic carbocycles. The normalized spacial score (nSPS) is 21.9. The molecule has 3 N–H and O–H groups in total. The van der Waals surface area contributed by atoms with Crippen LogP contribution in [0.3, 0.4) is 0 Å². The molecule has 3 heterocycles. The summed E-state index contributed by atoms with van der Waals surface area (Å²) < 4.78 is 12.5. The van der Waals surface area contributed by atoms with E-state index in [1.165, 1.54) is 10.8 Å². The summed E-state index contributed by atoms with van der Waals surface area (Å²) in [4.78, 5) is 16.2. The minimum absolute atomic E-state index is 0.204. The Hall–Kier alpha value is -2.42. The molecule has 0 radical (unpaired) electrons. The predicted octanol–water partition coefficient (Wildman–Crippen LogP) is 2.79. The van der Waals surface area contributed by atoms with Crippen molar-refractivity contribution in [2.75, 3.05) is 11.9 Å². The highest BCUT2D eigenvalue weighted by molar-refractivity contribution is 5.72. The fourth-order valence-corrected chi connectivity index (χ4v) is 2.78. The molecule has 4 rings (SSSR count). The van der Waals surface area contributed by atoms with Crippen LogP contribution in [-0.4, -0.2) is 38.6 Å². The van der Waals surface area contributed by atoms with Crippen molar-refractivity contribution in [3.05, 3.63) is 40.9 Å². The number of aromatic nitrogens is 2. The first-order valence-electron chi connectivity index (χ1n) is 9.27. The third kappa shape index (κ3) is 4.29.